The van der Waals surface area contributed by atoms with Gasteiger partial charge < -0.3 is 19.5 Å². The zero-order valence-electron chi connectivity index (χ0n) is 12.4. The van der Waals surface area contributed by atoms with E-state index >= 15 is 0 Å². The molecule has 2 fully saturated rings. The van der Waals surface area contributed by atoms with E-state index in [9.17, 15) is 9.59 Å². The van der Waals surface area contributed by atoms with Gasteiger partial charge in [-0.1, -0.05) is 18.0 Å². The zero-order valence-corrected chi connectivity index (χ0v) is 12.4. The molecule has 8 nitrogen and oxygen atoms in total. The highest BCUT2D eigenvalue weighted by Crippen LogP contribution is 2.18. The number of hydrogen-bond acceptors (Lipinski definition) is 6. The van der Waals surface area contributed by atoms with Gasteiger partial charge in [0.2, 0.25) is 5.91 Å². The number of rotatable bonds is 4. The summed E-state index contributed by atoms with van der Waals surface area (Å²) >= 11 is 0. The Bertz CT molecular complexity index is 533. The molecule has 2 heterocycles. The van der Waals surface area contributed by atoms with Gasteiger partial charge in [-0.25, -0.2) is 0 Å². The average Bonchev–Trinajstić information content (AvgIpc) is 3.20. The van der Waals surface area contributed by atoms with Gasteiger partial charge in [0.25, 0.3) is 0 Å². The number of nitrogens with one attached hydrogen (secondary N) is 1. The Morgan fingerprint density at radius 2 is 1.95 bits per heavy atom. The van der Waals surface area contributed by atoms with E-state index in [0.717, 1.165) is 25.7 Å². The van der Waals surface area contributed by atoms with Crippen molar-refractivity contribution >= 4 is 11.8 Å². The summed E-state index contributed by atoms with van der Waals surface area (Å²) < 4.78 is 10.2. The summed E-state index contributed by atoms with van der Waals surface area (Å²) in [4.78, 5) is 29.8. The minimum Gasteiger partial charge on any atom is -0.378 e. The van der Waals surface area contributed by atoms with Gasteiger partial charge in [0.05, 0.1) is 19.6 Å². The Hall–Kier alpha value is -1.96. The van der Waals surface area contributed by atoms with Crippen molar-refractivity contribution in [2.24, 2.45) is 0 Å². The predicted octanol–water partition coefficient (Wildman–Crippen LogP) is 0.143. The van der Waals surface area contributed by atoms with Gasteiger partial charge >= 0.3 is 11.8 Å². The van der Waals surface area contributed by atoms with E-state index < -0.39 is 0 Å². The molecule has 2 amide bonds. The third-order valence-electron chi connectivity index (χ3n) is 4.03. The lowest BCUT2D eigenvalue weighted by molar-refractivity contribution is -0.134. The number of aromatic nitrogens is 2. The van der Waals surface area contributed by atoms with Crippen molar-refractivity contribution in [3.63, 3.8) is 0 Å². The van der Waals surface area contributed by atoms with Gasteiger partial charge in [-0.2, -0.15) is 4.98 Å². The molecule has 3 rings (SSSR count). The van der Waals surface area contributed by atoms with Crippen LogP contribution in [-0.2, 0) is 16.0 Å². The maximum absolute atomic E-state index is 12.1. The van der Waals surface area contributed by atoms with Crippen LogP contribution in [0.4, 0.5) is 0 Å². The average molecular weight is 308 g/mol. The first-order valence-corrected chi connectivity index (χ1v) is 7.71. The summed E-state index contributed by atoms with van der Waals surface area (Å²) in [6.07, 6.45) is 4.28. The number of carbonyl (C=O) groups excluding carboxylic acids is 2. The highest BCUT2D eigenvalue weighted by atomic mass is 16.5. The third-order valence-corrected chi connectivity index (χ3v) is 4.03. The van der Waals surface area contributed by atoms with Crippen molar-refractivity contribution < 1.29 is 18.8 Å². The van der Waals surface area contributed by atoms with Crippen LogP contribution in [0, 0.1) is 0 Å². The van der Waals surface area contributed by atoms with E-state index in [4.69, 9.17) is 9.26 Å². The molecule has 1 aliphatic heterocycles. The lowest BCUT2D eigenvalue weighted by Crippen LogP contribution is -2.41. The molecule has 0 atom stereocenters. The van der Waals surface area contributed by atoms with Gasteiger partial charge in [0.15, 0.2) is 5.82 Å². The second-order valence-electron chi connectivity index (χ2n) is 5.64. The van der Waals surface area contributed by atoms with Crippen molar-refractivity contribution in [3.05, 3.63) is 11.7 Å². The van der Waals surface area contributed by atoms with Crippen LogP contribution in [0.25, 0.3) is 0 Å². The molecule has 1 aromatic rings. The fraction of sp³-hybridized carbons (Fsp3) is 0.714. The van der Waals surface area contributed by atoms with Crippen molar-refractivity contribution in [2.75, 3.05) is 26.3 Å². The van der Waals surface area contributed by atoms with E-state index in [-0.39, 0.29) is 36.0 Å². The SMILES string of the molecule is O=C(NC1CCCC1)c1nc(CC(=O)N2CCOCC2)no1. The van der Waals surface area contributed by atoms with Crippen LogP contribution >= 0.6 is 0 Å². The maximum atomic E-state index is 12.1. The molecule has 0 bridgehead atoms. The molecule has 2 aliphatic rings. The molecule has 1 N–H and O–H groups in total. The highest BCUT2D eigenvalue weighted by molar-refractivity contribution is 5.89. The molecule has 22 heavy (non-hydrogen) atoms. The molecule has 0 unspecified atom stereocenters. The first kappa shape index (κ1) is 15.0. The Morgan fingerprint density at radius 3 is 2.68 bits per heavy atom. The fourth-order valence-electron chi connectivity index (χ4n) is 2.80. The topological polar surface area (TPSA) is 97.6 Å². The summed E-state index contributed by atoms with van der Waals surface area (Å²) in [6.45, 7) is 2.25. The molecule has 0 spiro atoms. The number of amides is 2. The molecule has 1 saturated heterocycles. The molecule has 1 aliphatic carbocycles. The minimum absolute atomic E-state index is 0.0419. The Kier molecular flexibility index (Phi) is 4.67. The number of morpholine rings is 1. The van der Waals surface area contributed by atoms with E-state index in [2.05, 4.69) is 15.5 Å². The summed E-state index contributed by atoms with van der Waals surface area (Å²) in [5.74, 6) is -0.263. The van der Waals surface area contributed by atoms with Crippen LogP contribution in [0.2, 0.25) is 0 Å². The Labute approximate surface area is 128 Å². The number of hydrogen-bond donors (Lipinski definition) is 1. The van der Waals surface area contributed by atoms with Crippen LogP contribution < -0.4 is 5.32 Å². The number of ether oxygens (including phenoxy) is 1. The number of nitrogens with zero attached hydrogens (tertiary/aromatic N) is 3. The first-order valence-electron chi connectivity index (χ1n) is 7.71. The van der Waals surface area contributed by atoms with Crippen LogP contribution in [0.15, 0.2) is 4.52 Å². The molecular formula is C14H20N4O4. The molecule has 1 aromatic heterocycles. The van der Waals surface area contributed by atoms with Gasteiger partial charge in [0, 0.05) is 19.1 Å². The summed E-state index contributed by atoms with van der Waals surface area (Å²) in [5.41, 5.74) is 0. The van der Waals surface area contributed by atoms with Crippen molar-refractivity contribution in [2.45, 2.75) is 38.1 Å². The monoisotopic (exact) mass is 308 g/mol. The summed E-state index contributed by atoms with van der Waals surface area (Å²) in [6, 6.07) is 0.192. The highest BCUT2D eigenvalue weighted by Gasteiger charge is 2.23. The van der Waals surface area contributed by atoms with Gasteiger partial charge in [0.1, 0.15) is 0 Å². The molecule has 8 heteroatoms. The van der Waals surface area contributed by atoms with Crippen molar-refractivity contribution in [1.29, 1.82) is 0 Å². The molecule has 0 radical (unpaired) electrons. The quantitative estimate of drug-likeness (QED) is 0.850. The van der Waals surface area contributed by atoms with E-state index in [0.29, 0.717) is 26.3 Å². The standard InChI is InChI=1S/C14H20N4O4/c19-12(18-5-7-21-8-6-18)9-11-16-14(22-17-11)13(20)15-10-3-1-2-4-10/h10H,1-9H2,(H,15,20). The molecular weight excluding hydrogens is 288 g/mol. The first-order chi connectivity index (χ1) is 10.7. The van der Waals surface area contributed by atoms with E-state index in [1.165, 1.54) is 0 Å². The molecule has 1 saturated carbocycles. The number of carbonyl (C=O) groups is 2. The lowest BCUT2D eigenvalue weighted by Gasteiger charge is -2.26. The fourth-order valence-corrected chi connectivity index (χ4v) is 2.80. The third kappa shape index (κ3) is 3.62. The summed E-state index contributed by atoms with van der Waals surface area (Å²) in [5, 5.41) is 6.60. The normalized spacial score (nSPS) is 19.4. The van der Waals surface area contributed by atoms with Crippen LogP contribution in [0.1, 0.15) is 42.2 Å². The maximum Gasteiger partial charge on any atom is 0.315 e. The Morgan fingerprint density at radius 1 is 1.23 bits per heavy atom. The predicted molar refractivity (Wildman–Crippen MR) is 75.1 cm³/mol. The summed E-state index contributed by atoms with van der Waals surface area (Å²) in [7, 11) is 0. The van der Waals surface area contributed by atoms with E-state index in [1.807, 2.05) is 0 Å². The second kappa shape index (κ2) is 6.87. The van der Waals surface area contributed by atoms with Crippen LogP contribution in [-0.4, -0.2) is 59.2 Å². The lowest BCUT2D eigenvalue weighted by atomic mass is 10.2. The van der Waals surface area contributed by atoms with Gasteiger partial charge in [-0.3, -0.25) is 9.59 Å². The molecule has 120 valence electrons. The zero-order chi connectivity index (χ0) is 15.4. The Balaban J connectivity index is 1.53. The van der Waals surface area contributed by atoms with Crippen molar-refractivity contribution in [3.8, 4) is 0 Å². The van der Waals surface area contributed by atoms with Crippen LogP contribution in [0.3, 0.4) is 0 Å². The van der Waals surface area contributed by atoms with Gasteiger partial charge in [-0.15, -0.1) is 0 Å². The van der Waals surface area contributed by atoms with Gasteiger partial charge in [-0.05, 0) is 12.8 Å². The molecule has 0 aromatic carbocycles. The minimum atomic E-state index is -0.357. The second-order valence-corrected chi connectivity index (χ2v) is 5.64. The smallest absolute Gasteiger partial charge is 0.315 e. The van der Waals surface area contributed by atoms with Crippen molar-refractivity contribution in [1.82, 2.24) is 20.4 Å². The largest absolute Gasteiger partial charge is 0.378 e. The van der Waals surface area contributed by atoms with Crippen LogP contribution in [0.5, 0.6) is 0 Å². The van der Waals surface area contributed by atoms with E-state index in [1.54, 1.807) is 4.90 Å².